The van der Waals surface area contributed by atoms with Crippen molar-refractivity contribution in [3.8, 4) is 0 Å². The van der Waals surface area contributed by atoms with E-state index in [9.17, 15) is 4.79 Å². The van der Waals surface area contributed by atoms with Crippen molar-refractivity contribution in [1.82, 2.24) is 5.32 Å². The number of carboxylic acids is 1. The van der Waals surface area contributed by atoms with E-state index in [1.54, 1.807) is 6.08 Å². The molecule has 0 unspecified atom stereocenters. The first-order chi connectivity index (χ1) is 9.65. The molecule has 0 radical (unpaired) electrons. The summed E-state index contributed by atoms with van der Waals surface area (Å²) in [6.45, 7) is 3.52. The van der Waals surface area contributed by atoms with Gasteiger partial charge in [-0.1, -0.05) is 48.0 Å². The number of carboxylic acid groups (broad SMARTS) is 1. The minimum Gasteiger partial charge on any atom is -0.478 e. The van der Waals surface area contributed by atoms with E-state index in [-0.39, 0.29) is 0 Å². The van der Waals surface area contributed by atoms with E-state index < -0.39 is 5.97 Å². The Morgan fingerprint density at radius 3 is 2.75 bits per heavy atom. The van der Waals surface area contributed by atoms with E-state index in [1.807, 2.05) is 0 Å². The first kappa shape index (κ1) is 14.3. The van der Waals surface area contributed by atoms with Gasteiger partial charge in [0.2, 0.25) is 0 Å². The normalized spacial score (nSPS) is 11.2. The fourth-order valence-corrected chi connectivity index (χ4v) is 2.15. The average Bonchev–Trinajstić information content (AvgIpc) is 2.42. The van der Waals surface area contributed by atoms with Gasteiger partial charge in [-0.15, -0.1) is 0 Å². The lowest BCUT2D eigenvalue weighted by atomic mass is 10.0. The molecule has 0 saturated heterocycles. The molecule has 2 aromatic rings. The van der Waals surface area contributed by atoms with Gasteiger partial charge in [0.05, 0.1) is 0 Å². The van der Waals surface area contributed by atoms with Crippen molar-refractivity contribution in [2.75, 3.05) is 13.1 Å². The Morgan fingerprint density at radius 2 is 1.95 bits per heavy atom. The summed E-state index contributed by atoms with van der Waals surface area (Å²) < 4.78 is 0. The van der Waals surface area contributed by atoms with Gasteiger partial charge in [0, 0.05) is 12.6 Å². The van der Waals surface area contributed by atoms with Crippen molar-refractivity contribution >= 4 is 16.7 Å². The summed E-state index contributed by atoms with van der Waals surface area (Å²) in [6, 6.07) is 13.0. The van der Waals surface area contributed by atoms with Gasteiger partial charge in [0.1, 0.15) is 0 Å². The summed E-state index contributed by atoms with van der Waals surface area (Å²) >= 11 is 0. The number of nitrogens with one attached hydrogen (secondary N) is 1. The van der Waals surface area contributed by atoms with Gasteiger partial charge in [0.15, 0.2) is 0 Å². The molecule has 0 spiro atoms. The number of carbonyl (C=O) groups is 1. The molecule has 0 atom stereocenters. The third-order valence-corrected chi connectivity index (χ3v) is 3.17. The maximum absolute atomic E-state index is 10.3. The third kappa shape index (κ3) is 4.21. The van der Waals surface area contributed by atoms with Crippen LogP contribution in [0.1, 0.15) is 11.1 Å². The van der Waals surface area contributed by atoms with Crippen LogP contribution in [0.25, 0.3) is 10.8 Å². The van der Waals surface area contributed by atoms with E-state index in [0.717, 1.165) is 19.0 Å². The predicted octanol–water partition coefficient (Wildman–Crippen LogP) is 2.92. The van der Waals surface area contributed by atoms with Crippen LogP contribution in [0.15, 0.2) is 48.6 Å². The smallest absolute Gasteiger partial charge is 0.328 e. The Bertz CT molecular complexity index is 632. The van der Waals surface area contributed by atoms with Crippen molar-refractivity contribution in [1.29, 1.82) is 0 Å². The molecule has 0 aromatic heterocycles. The first-order valence-electron chi connectivity index (χ1n) is 6.74. The van der Waals surface area contributed by atoms with Gasteiger partial charge < -0.3 is 10.4 Å². The Balaban J connectivity index is 1.87. The van der Waals surface area contributed by atoms with Crippen LogP contribution in [0.4, 0.5) is 0 Å². The number of rotatable bonds is 6. The summed E-state index contributed by atoms with van der Waals surface area (Å²) in [5.41, 5.74) is 2.56. The standard InChI is InChI=1S/C17H19NO2/c1-13-4-6-16-12-14(5-7-15(16)11-13)8-10-18-9-2-3-17(19)20/h2-7,11-12,18H,8-10H2,1H3,(H,19,20)/b3-2+. The minimum atomic E-state index is -0.906. The Morgan fingerprint density at radius 1 is 1.20 bits per heavy atom. The van der Waals surface area contributed by atoms with Crippen molar-refractivity contribution in [3.63, 3.8) is 0 Å². The highest BCUT2D eigenvalue weighted by molar-refractivity contribution is 5.83. The first-order valence-corrected chi connectivity index (χ1v) is 6.74. The second-order valence-electron chi connectivity index (χ2n) is 4.88. The van der Waals surface area contributed by atoms with Crippen LogP contribution >= 0.6 is 0 Å². The van der Waals surface area contributed by atoms with Gasteiger partial charge in [-0.2, -0.15) is 0 Å². The summed E-state index contributed by atoms with van der Waals surface area (Å²) in [5, 5.41) is 14.2. The van der Waals surface area contributed by atoms with Crippen LogP contribution < -0.4 is 5.32 Å². The second-order valence-corrected chi connectivity index (χ2v) is 4.88. The fourth-order valence-electron chi connectivity index (χ4n) is 2.15. The van der Waals surface area contributed by atoms with Crippen LogP contribution in [0.2, 0.25) is 0 Å². The van der Waals surface area contributed by atoms with Gasteiger partial charge in [-0.25, -0.2) is 4.79 Å². The molecule has 3 nitrogen and oxygen atoms in total. The third-order valence-electron chi connectivity index (χ3n) is 3.17. The van der Waals surface area contributed by atoms with E-state index in [1.165, 1.54) is 21.9 Å². The number of aryl methyl sites for hydroxylation is 1. The highest BCUT2D eigenvalue weighted by Crippen LogP contribution is 2.17. The maximum Gasteiger partial charge on any atom is 0.328 e. The number of aliphatic carboxylic acids is 1. The molecule has 0 amide bonds. The fraction of sp³-hybridized carbons (Fsp3) is 0.235. The Kier molecular flexibility index (Phi) is 4.91. The molecule has 0 aliphatic rings. The topological polar surface area (TPSA) is 49.3 Å². The predicted molar refractivity (Wildman–Crippen MR) is 82.0 cm³/mol. The molecule has 0 aliphatic heterocycles. The van der Waals surface area contributed by atoms with Gasteiger partial charge in [-0.3, -0.25) is 0 Å². The Hall–Kier alpha value is -2.13. The second kappa shape index (κ2) is 6.87. The Labute approximate surface area is 118 Å². The van der Waals surface area contributed by atoms with Gasteiger partial charge >= 0.3 is 5.97 Å². The minimum absolute atomic E-state index is 0.582. The van der Waals surface area contributed by atoms with Crippen LogP contribution in [-0.4, -0.2) is 24.2 Å². The monoisotopic (exact) mass is 269 g/mol. The van der Waals surface area contributed by atoms with Crippen molar-refractivity contribution in [3.05, 3.63) is 59.7 Å². The molecule has 2 rings (SSSR count). The maximum atomic E-state index is 10.3. The average molecular weight is 269 g/mol. The molecule has 0 fully saturated rings. The SMILES string of the molecule is Cc1ccc2cc(CCNC/C=C/C(=O)O)ccc2c1. The lowest BCUT2D eigenvalue weighted by Gasteiger charge is -2.05. The molecule has 0 saturated carbocycles. The zero-order chi connectivity index (χ0) is 14.4. The highest BCUT2D eigenvalue weighted by atomic mass is 16.4. The molecule has 104 valence electrons. The van der Waals surface area contributed by atoms with E-state index in [0.29, 0.717) is 6.54 Å². The van der Waals surface area contributed by atoms with E-state index in [2.05, 4.69) is 48.6 Å². The van der Waals surface area contributed by atoms with Crippen LogP contribution in [0.3, 0.4) is 0 Å². The summed E-state index contributed by atoms with van der Waals surface area (Å²) in [7, 11) is 0. The van der Waals surface area contributed by atoms with Crippen LogP contribution in [-0.2, 0) is 11.2 Å². The number of hydrogen-bond acceptors (Lipinski definition) is 2. The lowest BCUT2D eigenvalue weighted by molar-refractivity contribution is -0.131. The lowest BCUT2D eigenvalue weighted by Crippen LogP contribution is -2.17. The number of fused-ring (bicyclic) bond motifs is 1. The molecule has 3 heteroatoms. The summed E-state index contributed by atoms with van der Waals surface area (Å²) in [4.78, 5) is 10.3. The van der Waals surface area contributed by atoms with Crippen LogP contribution in [0.5, 0.6) is 0 Å². The summed E-state index contributed by atoms with van der Waals surface area (Å²) in [6.07, 6.45) is 3.71. The molecular formula is C17H19NO2. The largest absolute Gasteiger partial charge is 0.478 e. The molecule has 2 N–H and O–H groups in total. The highest BCUT2D eigenvalue weighted by Gasteiger charge is 1.97. The quantitative estimate of drug-likeness (QED) is 0.626. The van der Waals surface area contributed by atoms with E-state index in [4.69, 9.17) is 5.11 Å². The van der Waals surface area contributed by atoms with Gasteiger partial charge in [0.25, 0.3) is 0 Å². The molecular weight excluding hydrogens is 250 g/mol. The molecule has 20 heavy (non-hydrogen) atoms. The number of hydrogen-bond donors (Lipinski definition) is 2. The van der Waals surface area contributed by atoms with Crippen molar-refractivity contribution in [2.45, 2.75) is 13.3 Å². The number of benzene rings is 2. The van der Waals surface area contributed by atoms with Crippen molar-refractivity contribution < 1.29 is 9.90 Å². The zero-order valence-corrected chi connectivity index (χ0v) is 11.6. The zero-order valence-electron chi connectivity index (χ0n) is 11.6. The van der Waals surface area contributed by atoms with Crippen LogP contribution in [0, 0.1) is 6.92 Å². The van der Waals surface area contributed by atoms with Gasteiger partial charge in [-0.05, 0) is 36.2 Å². The molecule has 2 aromatic carbocycles. The molecule has 0 heterocycles. The van der Waals surface area contributed by atoms with Crippen molar-refractivity contribution in [2.24, 2.45) is 0 Å². The molecule has 0 bridgehead atoms. The summed E-state index contributed by atoms with van der Waals surface area (Å²) in [5.74, 6) is -0.906. The molecule has 0 aliphatic carbocycles. The van der Waals surface area contributed by atoms with E-state index >= 15 is 0 Å².